The molecule has 0 heterocycles. The third kappa shape index (κ3) is 3.05. The monoisotopic (exact) mass is 306 g/mol. The maximum absolute atomic E-state index is 5.81. The Bertz CT molecular complexity index is 521. The van der Waals surface area contributed by atoms with Crippen molar-refractivity contribution in [3.8, 4) is 11.5 Å². The lowest BCUT2D eigenvalue weighted by Gasteiger charge is -2.10. The average Bonchev–Trinajstić information content (AvgIpc) is 2.41. The zero-order valence-electron chi connectivity index (χ0n) is 10.4. The van der Waals surface area contributed by atoms with Gasteiger partial charge in [0, 0.05) is 10.0 Å². The van der Waals surface area contributed by atoms with Crippen LogP contribution in [-0.2, 0) is 6.61 Å². The van der Waals surface area contributed by atoms with Gasteiger partial charge in [0.25, 0.3) is 0 Å². The molecule has 0 unspecified atom stereocenters. The molecule has 2 aromatic carbocycles. The number of methoxy groups -OCH3 is 1. The van der Waals surface area contributed by atoms with Gasteiger partial charge in [-0.25, -0.2) is 0 Å². The Kier molecular flexibility index (Phi) is 4.26. The molecule has 18 heavy (non-hydrogen) atoms. The van der Waals surface area contributed by atoms with E-state index in [9.17, 15) is 0 Å². The minimum atomic E-state index is 0.557. The lowest BCUT2D eigenvalue weighted by atomic mass is 10.2. The van der Waals surface area contributed by atoms with Crippen molar-refractivity contribution in [1.82, 2.24) is 0 Å². The van der Waals surface area contributed by atoms with Crippen LogP contribution in [0.3, 0.4) is 0 Å². The molecule has 0 saturated heterocycles. The topological polar surface area (TPSA) is 18.5 Å². The molecule has 0 aliphatic rings. The predicted molar refractivity (Wildman–Crippen MR) is 76.2 cm³/mol. The molecule has 2 rings (SSSR count). The van der Waals surface area contributed by atoms with E-state index in [1.165, 1.54) is 0 Å². The number of hydrogen-bond acceptors (Lipinski definition) is 2. The Morgan fingerprint density at radius 2 is 1.78 bits per heavy atom. The summed E-state index contributed by atoms with van der Waals surface area (Å²) < 4.78 is 12.0. The first-order chi connectivity index (χ1) is 8.70. The Balaban J connectivity index is 2.04. The number of benzene rings is 2. The zero-order valence-corrected chi connectivity index (χ0v) is 12.0. The number of rotatable bonds is 4. The normalized spacial score (nSPS) is 10.2. The summed E-state index contributed by atoms with van der Waals surface area (Å²) in [5.41, 5.74) is 2.24. The minimum absolute atomic E-state index is 0.557. The van der Waals surface area contributed by atoms with E-state index in [4.69, 9.17) is 9.47 Å². The molecule has 0 amide bonds. The number of ether oxygens (including phenoxy) is 2. The fourth-order valence-corrected chi connectivity index (χ4v) is 1.97. The second-order valence-corrected chi connectivity index (χ2v) is 4.85. The highest BCUT2D eigenvalue weighted by molar-refractivity contribution is 9.10. The van der Waals surface area contributed by atoms with Gasteiger partial charge in [-0.1, -0.05) is 34.1 Å². The van der Waals surface area contributed by atoms with Gasteiger partial charge in [-0.3, -0.25) is 0 Å². The van der Waals surface area contributed by atoms with Gasteiger partial charge in [0.1, 0.15) is 18.1 Å². The van der Waals surface area contributed by atoms with Crippen LogP contribution in [0.1, 0.15) is 11.1 Å². The first kappa shape index (κ1) is 13.0. The van der Waals surface area contributed by atoms with Crippen LogP contribution >= 0.6 is 15.9 Å². The van der Waals surface area contributed by atoms with Crippen LogP contribution in [0.4, 0.5) is 0 Å². The molecule has 0 radical (unpaired) electrons. The molecule has 94 valence electrons. The van der Waals surface area contributed by atoms with Crippen molar-refractivity contribution in [2.45, 2.75) is 13.5 Å². The van der Waals surface area contributed by atoms with Crippen molar-refractivity contribution >= 4 is 15.9 Å². The highest BCUT2D eigenvalue weighted by atomic mass is 79.9. The van der Waals surface area contributed by atoms with E-state index in [0.717, 1.165) is 27.1 Å². The highest BCUT2D eigenvalue weighted by Crippen LogP contribution is 2.26. The molecule has 0 aliphatic carbocycles. The quantitative estimate of drug-likeness (QED) is 0.836. The van der Waals surface area contributed by atoms with Gasteiger partial charge in [-0.2, -0.15) is 0 Å². The minimum Gasteiger partial charge on any atom is -0.497 e. The van der Waals surface area contributed by atoms with Crippen molar-refractivity contribution in [2.24, 2.45) is 0 Å². The Morgan fingerprint density at radius 3 is 2.44 bits per heavy atom. The Morgan fingerprint density at radius 1 is 1.06 bits per heavy atom. The summed E-state index contributed by atoms with van der Waals surface area (Å²) in [5.74, 6) is 1.76. The zero-order chi connectivity index (χ0) is 13.0. The fourth-order valence-electron chi connectivity index (χ4n) is 1.63. The van der Waals surface area contributed by atoms with Gasteiger partial charge in [-0.05, 0) is 36.8 Å². The molecule has 0 N–H and O–H groups in total. The van der Waals surface area contributed by atoms with Gasteiger partial charge in [0.05, 0.1) is 7.11 Å². The van der Waals surface area contributed by atoms with Crippen molar-refractivity contribution in [3.63, 3.8) is 0 Å². The second kappa shape index (κ2) is 5.91. The lowest BCUT2D eigenvalue weighted by molar-refractivity contribution is 0.303. The third-order valence-electron chi connectivity index (χ3n) is 2.77. The van der Waals surface area contributed by atoms with Gasteiger partial charge < -0.3 is 9.47 Å². The van der Waals surface area contributed by atoms with E-state index in [-0.39, 0.29) is 0 Å². The Hall–Kier alpha value is -1.48. The van der Waals surface area contributed by atoms with E-state index in [0.29, 0.717) is 6.61 Å². The second-order valence-electron chi connectivity index (χ2n) is 4.00. The van der Waals surface area contributed by atoms with Gasteiger partial charge in [0.15, 0.2) is 0 Å². The van der Waals surface area contributed by atoms with Crippen molar-refractivity contribution in [2.75, 3.05) is 7.11 Å². The standard InChI is InChI=1S/C15H15BrO2/c1-11-14(16)4-3-5-15(11)18-10-12-6-8-13(17-2)9-7-12/h3-9H,10H2,1-2H3. The first-order valence-electron chi connectivity index (χ1n) is 5.71. The van der Waals surface area contributed by atoms with Crippen LogP contribution in [0.25, 0.3) is 0 Å². The van der Waals surface area contributed by atoms with E-state index in [1.807, 2.05) is 49.4 Å². The van der Waals surface area contributed by atoms with Crippen LogP contribution in [0, 0.1) is 6.92 Å². The van der Waals surface area contributed by atoms with E-state index in [1.54, 1.807) is 7.11 Å². The molecule has 0 aliphatic heterocycles. The SMILES string of the molecule is COc1ccc(COc2cccc(Br)c2C)cc1. The van der Waals surface area contributed by atoms with Crippen LogP contribution in [0.5, 0.6) is 11.5 Å². The van der Waals surface area contributed by atoms with Gasteiger partial charge in [-0.15, -0.1) is 0 Å². The number of halogens is 1. The highest BCUT2D eigenvalue weighted by Gasteiger charge is 2.03. The van der Waals surface area contributed by atoms with Crippen LogP contribution in [-0.4, -0.2) is 7.11 Å². The van der Waals surface area contributed by atoms with Crippen molar-refractivity contribution in [1.29, 1.82) is 0 Å². The van der Waals surface area contributed by atoms with Crippen molar-refractivity contribution < 1.29 is 9.47 Å². The molecule has 0 saturated carbocycles. The molecular formula is C15H15BrO2. The summed E-state index contributed by atoms with van der Waals surface area (Å²) in [5, 5.41) is 0. The smallest absolute Gasteiger partial charge is 0.123 e. The summed E-state index contributed by atoms with van der Waals surface area (Å²) in [4.78, 5) is 0. The van der Waals surface area contributed by atoms with E-state index < -0.39 is 0 Å². The summed E-state index contributed by atoms with van der Waals surface area (Å²) in [6.07, 6.45) is 0. The average molecular weight is 307 g/mol. The van der Waals surface area contributed by atoms with Gasteiger partial charge in [0.2, 0.25) is 0 Å². The molecule has 0 atom stereocenters. The summed E-state index contributed by atoms with van der Waals surface area (Å²) in [6, 6.07) is 13.8. The first-order valence-corrected chi connectivity index (χ1v) is 6.51. The number of hydrogen-bond donors (Lipinski definition) is 0. The van der Waals surface area contributed by atoms with E-state index in [2.05, 4.69) is 15.9 Å². The fraction of sp³-hybridized carbons (Fsp3) is 0.200. The summed E-state index contributed by atoms with van der Waals surface area (Å²) in [6.45, 7) is 2.59. The molecule has 0 aromatic heterocycles. The van der Waals surface area contributed by atoms with E-state index >= 15 is 0 Å². The van der Waals surface area contributed by atoms with Crippen LogP contribution < -0.4 is 9.47 Å². The lowest BCUT2D eigenvalue weighted by Crippen LogP contribution is -1.97. The van der Waals surface area contributed by atoms with Gasteiger partial charge >= 0.3 is 0 Å². The predicted octanol–water partition coefficient (Wildman–Crippen LogP) is 4.35. The molecule has 0 bridgehead atoms. The molecule has 2 aromatic rings. The maximum Gasteiger partial charge on any atom is 0.123 e. The third-order valence-corrected chi connectivity index (χ3v) is 3.63. The summed E-state index contributed by atoms with van der Waals surface area (Å²) in [7, 11) is 1.66. The molecule has 0 spiro atoms. The molecule has 0 fully saturated rings. The Labute approximate surface area is 116 Å². The summed E-state index contributed by atoms with van der Waals surface area (Å²) >= 11 is 3.49. The molecule has 2 nitrogen and oxygen atoms in total. The molecule has 3 heteroatoms. The van der Waals surface area contributed by atoms with Crippen LogP contribution in [0.15, 0.2) is 46.9 Å². The van der Waals surface area contributed by atoms with Crippen molar-refractivity contribution in [3.05, 3.63) is 58.1 Å². The molecular weight excluding hydrogens is 292 g/mol. The maximum atomic E-state index is 5.81. The van der Waals surface area contributed by atoms with Crippen LogP contribution in [0.2, 0.25) is 0 Å². The largest absolute Gasteiger partial charge is 0.497 e.